The maximum absolute atomic E-state index is 8.95. The van der Waals surface area contributed by atoms with Crippen molar-refractivity contribution in [3.05, 3.63) is 41.0 Å². The molecule has 1 rings (SSSR count). The number of aliphatic hydroxyl groups is 1. The Bertz CT molecular complexity index is 374. The molecule has 1 aromatic rings. The van der Waals surface area contributed by atoms with Gasteiger partial charge in [-0.05, 0) is 29.7 Å². The SMILES string of the molecule is Cc1ccc(CO)cc1C=CCC#N. The highest BCUT2D eigenvalue weighted by Crippen LogP contribution is 2.13. The number of hydrogen-bond donors (Lipinski definition) is 1. The van der Waals surface area contributed by atoms with Gasteiger partial charge in [-0.15, -0.1) is 0 Å². The molecule has 2 heteroatoms. The third-order valence-electron chi connectivity index (χ3n) is 2.03. The maximum Gasteiger partial charge on any atom is 0.0682 e. The molecule has 0 spiro atoms. The van der Waals surface area contributed by atoms with Crippen LogP contribution in [0.2, 0.25) is 0 Å². The minimum absolute atomic E-state index is 0.0549. The Kier molecular flexibility index (Phi) is 3.90. The lowest BCUT2D eigenvalue weighted by Crippen LogP contribution is -1.86. The van der Waals surface area contributed by atoms with Crippen molar-refractivity contribution in [1.29, 1.82) is 5.26 Å². The van der Waals surface area contributed by atoms with Crippen molar-refractivity contribution in [2.45, 2.75) is 20.0 Å². The van der Waals surface area contributed by atoms with Crippen LogP contribution in [0.25, 0.3) is 6.08 Å². The number of rotatable bonds is 3. The molecule has 0 atom stereocenters. The number of aliphatic hydroxyl groups excluding tert-OH is 1. The average molecular weight is 187 g/mol. The number of aryl methyl sites for hydroxylation is 1. The summed E-state index contributed by atoms with van der Waals surface area (Å²) in [6, 6.07) is 7.85. The Hall–Kier alpha value is -1.59. The largest absolute Gasteiger partial charge is 0.392 e. The quantitative estimate of drug-likeness (QED) is 0.789. The predicted octanol–water partition coefficient (Wildman–Crippen LogP) is 2.41. The van der Waals surface area contributed by atoms with Crippen molar-refractivity contribution < 1.29 is 5.11 Å². The summed E-state index contributed by atoms with van der Waals surface area (Å²) in [7, 11) is 0. The van der Waals surface area contributed by atoms with Gasteiger partial charge >= 0.3 is 0 Å². The van der Waals surface area contributed by atoms with E-state index in [9.17, 15) is 0 Å². The van der Waals surface area contributed by atoms with Gasteiger partial charge in [0, 0.05) is 0 Å². The summed E-state index contributed by atoms with van der Waals surface area (Å²) in [5.74, 6) is 0. The Labute approximate surface area is 84.1 Å². The standard InChI is InChI=1S/C12H13NO/c1-10-5-6-11(9-14)8-12(10)4-2-3-7-13/h2,4-6,8,14H,3,9H2,1H3. The van der Waals surface area contributed by atoms with Gasteiger partial charge in [0.2, 0.25) is 0 Å². The number of nitriles is 1. The molecule has 72 valence electrons. The summed E-state index contributed by atoms with van der Waals surface area (Å²) < 4.78 is 0. The molecular weight excluding hydrogens is 174 g/mol. The van der Waals surface area contributed by atoms with Crippen LogP contribution in [0, 0.1) is 18.3 Å². The first-order valence-corrected chi connectivity index (χ1v) is 4.52. The average Bonchev–Trinajstić information content (AvgIpc) is 2.21. The molecule has 0 bridgehead atoms. The van der Waals surface area contributed by atoms with Gasteiger partial charge in [-0.2, -0.15) is 5.26 Å². The van der Waals surface area contributed by atoms with E-state index >= 15 is 0 Å². The monoisotopic (exact) mass is 187 g/mol. The molecule has 0 radical (unpaired) electrons. The molecule has 1 aromatic carbocycles. The lowest BCUT2D eigenvalue weighted by molar-refractivity contribution is 0.282. The summed E-state index contributed by atoms with van der Waals surface area (Å²) in [4.78, 5) is 0. The molecule has 0 fully saturated rings. The fourth-order valence-electron chi connectivity index (χ4n) is 1.21. The van der Waals surface area contributed by atoms with Crippen molar-refractivity contribution in [3.8, 4) is 6.07 Å². The third-order valence-corrected chi connectivity index (χ3v) is 2.03. The highest BCUT2D eigenvalue weighted by atomic mass is 16.3. The van der Waals surface area contributed by atoms with Gasteiger partial charge in [-0.1, -0.05) is 24.3 Å². The van der Waals surface area contributed by atoms with E-state index in [1.807, 2.05) is 43.3 Å². The van der Waals surface area contributed by atoms with Crippen molar-refractivity contribution >= 4 is 6.08 Å². The first kappa shape index (κ1) is 10.5. The van der Waals surface area contributed by atoms with Gasteiger partial charge in [-0.3, -0.25) is 0 Å². The minimum Gasteiger partial charge on any atom is -0.392 e. The van der Waals surface area contributed by atoms with Gasteiger partial charge < -0.3 is 5.11 Å². The first-order valence-electron chi connectivity index (χ1n) is 4.52. The highest BCUT2D eigenvalue weighted by Gasteiger charge is 1.95. The maximum atomic E-state index is 8.95. The van der Waals surface area contributed by atoms with Crippen molar-refractivity contribution in [2.75, 3.05) is 0 Å². The van der Waals surface area contributed by atoms with Crippen LogP contribution in [0.1, 0.15) is 23.1 Å². The number of hydrogen-bond acceptors (Lipinski definition) is 2. The van der Waals surface area contributed by atoms with Gasteiger partial charge in [-0.25, -0.2) is 0 Å². The topological polar surface area (TPSA) is 44.0 Å². The van der Waals surface area contributed by atoms with Gasteiger partial charge in [0.25, 0.3) is 0 Å². The smallest absolute Gasteiger partial charge is 0.0682 e. The first-order chi connectivity index (χ1) is 6.77. The fraction of sp³-hybridized carbons (Fsp3) is 0.250. The van der Waals surface area contributed by atoms with E-state index < -0.39 is 0 Å². The van der Waals surface area contributed by atoms with Crippen LogP contribution in [-0.4, -0.2) is 5.11 Å². The second-order valence-electron chi connectivity index (χ2n) is 3.11. The predicted molar refractivity (Wildman–Crippen MR) is 56.4 cm³/mol. The Balaban J connectivity index is 2.90. The zero-order valence-electron chi connectivity index (χ0n) is 8.20. The lowest BCUT2D eigenvalue weighted by Gasteiger charge is -2.02. The van der Waals surface area contributed by atoms with Crippen LogP contribution >= 0.6 is 0 Å². The van der Waals surface area contributed by atoms with E-state index in [1.54, 1.807) is 0 Å². The van der Waals surface area contributed by atoms with E-state index in [4.69, 9.17) is 10.4 Å². The van der Waals surface area contributed by atoms with E-state index in [0.717, 1.165) is 16.7 Å². The Morgan fingerprint density at radius 1 is 1.50 bits per heavy atom. The van der Waals surface area contributed by atoms with Crippen molar-refractivity contribution in [1.82, 2.24) is 0 Å². The van der Waals surface area contributed by atoms with Gasteiger partial charge in [0.05, 0.1) is 19.1 Å². The van der Waals surface area contributed by atoms with Crippen LogP contribution in [-0.2, 0) is 6.61 Å². The van der Waals surface area contributed by atoms with E-state index in [0.29, 0.717) is 6.42 Å². The van der Waals surface area contributed by atoms with Crippen LogP contribution in [0.5, 0.6) is 0 Å². The molecular formula is C12H13NO. The number of nitrogens with zero attached hydrogens (tertiary/aromatic N) is 1. The molecule has 0 unspecified atom stereocenters. The third kappa shape index (κ3) is 2.72. The number of allylic oxidation sites excluding steroid dienone is 1. The van der Waals surface area contributed by atoms with Crippen molar-refractivity contribution in [3.63, 3.8) is 0 Å². The lowest BCUT2D eigenvalue weighted by atomic mass is 10.0. The molecule has 0 saturated carbocycles. The molecule has 2 nitrogen and oxygen atoms in total. The second-order valence-corrected chi connectivity index (χ2v) is 3.11. The molecule has 0 heterocycles. The normalized spacial score (nSPS) is 10.4. The van der Waals surface area contributed by atoms with Crippen LogP contribution in [0.4, 0.5) is 0 Å². The zero-order chi connectivity index (χ0) is 10.4. The van der Waals surface area contributed by atoms with Gasteiger partial charge in [0.1, 0.15) is 0 Å². The Morgan fingerprint density at radius 2 is 2.29 bits per heavy atom. The van der Waals surface area contributed by atoms with Crippen LogP contribution in [0.3, 0.4) is 0 Å². The highest BCUT2D eigenvalue weighted by molar-refractivity contribution is 5.54. The minimum atomic E-state index is 0.0549. The van der Waals surface area contributed by atoms with Crippen LogP contribution in [0.15, 0.2) is 24.3 Å². The van der Waals surface area contributed by atoms with E-state index in [1.165, 1.54) is 0 Å². The molecule has 0 aromatic heterocycles. The molecule has 14 heavy (non-hydrogen) atoms. The molecule has 0 saturated heterocycles. The van der Waals surface area contributed by atoms with Crippen LogP contribution < -0.4 is 0 Å². The summed E-state index contributed by atoms with van der Waals surface area (Å²) in [5, 5.41) is 17.3. The molecule has 0 aliphatic rings. The van der Waals surface area contributed by atoms with E-state index in [2.05, 4.69) is 0 Å². The summed E-state index contributed by atoms with van der Waals surface area (Å²) in [6.45, 7) is 2.06. The summed E-state index contributed by atoms with van der Waals surface area (Å²) in [6.07, 6.45) is 4.16. The Morgan fingerprint density at radius 3 is 2.93 bits per heavy atom. The molecule has 0 aliphatic carbocycles. The molecule has 0 amide bonds. The molecule has 0 aliphatic heterocycles. The number of benzene rings is 1. The second kappa shape index (κ2) is 5.21. The zero-order valence-corrected chi connectivity index (χ0v) is 8.20. The summed E-state index contributed by atoms with van der Waals surface area (Å²) >= 11 is 0. The summed E-state index contributed by atoms with van der Waals surface area (Å²) in [5.41, 5.74) is 3.11. The molecule has 1 N–H and O–H groups in total. The van der Waals surface area contributed by atoms with E-state index in [-0.39, 0.29) is 6.61 Å². The van der Waals surface area contributed by atoms with Gasteiger partial charge in [0.15, 0.2) is 0 Å². The van der Waals surface area contributed by atoms with Crippen molar-refractivity contribution in [2.24, 2.45) is 0 Å². The fourth-order valence-corrected chi connectivity index (χ4v) is 1.21.